The van der Waals surface area contributed by atoms with Crippen LogP contribution in [-0.4, -0.2) is 6.54 Å². The molecule has 2 N–H and O–H groups in total. The molecule has 0 amide bonds. The molecule has 92 valence electrons. The third-order valence-electron chi connectivity index (χ3n) is 3.42. The predicted molar refractivity (Wildman–Crippen MR) is 77.0 cm³/mol. The number of nitrogens with one attached hydrogen (secondary N) is 2. The highest BCUT2D eigenvalue weighted by atomic mass is 14.9. The van der Waals surface area contributed by atoms with Crippen LogP contribution in [0.4, 0.5) is 11.4 Å². The van der Waals surface area contributed by atoms with Crippen LogP contribution in [0.1, 0.15) is 17.5 Å². The van der Waals surface area contributed by atoms with Crippen LogP contribution in [0, 0.1) is 0 Å². The largest absolute Gasteiger partial charge is 0.385 e. The topological polar surface area (TPSA) is 24.1 Å². The number of benzene rings is 2. The Balaban J connectivity index is 1.77. The van der Waals surface area contributed by atoms with Gasteiger partial charge in [-0.2, -0.15) is 0 Å². The Labute approximate surface area is 108 Å². The van der Waals surface area contributed by atoms with Crippen LogP contribution in [0.3, 0.4) is 0 Å². The second kappa shape index (κ2) is 5.13. The van der Waals surface area contributed by atoms with E-state index >= 15 is 0 Å². The molecule has 1 aliphatic rings. The van der Waals surface area contributed by atoms with Crippen molar-refractivity contribution in [3.63, 3.8) is 0 Å². The van der Waals surface area contributed by atoms with Crippen LogP contribution in [0.25, 0.3) is 0 Å². The van der Waals surface area contributed by atoms with E-state index in [1.807, 2.05) is 6.07 Å². The zero-order valence-corrected chi connectivity index (χ0v) is 10.4. The number of rotatable bonds is 3. The molecule has 2 heteroatoms. The van der Waals surface area contributed by atoms with E-state index in [1.54, 1.807) is 0 Å². The van der Waals surface area contributed by atoms with Gasteiger partial charge in [0, 0.05) is 24.5 Å². The summed E-state index contributed by atoms with van der Waals surface area (Å²) >= 11 is 0. The lowest BCUT2D eigenvalue weighted by Crippen LogP contribution is -2.14. The van der Waals surface area contributed by atoms with Crippen molar-refractivity contribution in [2.45, 2.75) is 19.4 Å². The summed E-state index contributed by atoms with van der Waals surface area (Å²) in [5, 5.41) is 7.00. The fraction of sp³-hybridized carbons (Fsp3) is 0.250. The van der Waals surface area contributed by atoms with E-state index in [1.165, 1.54) is 35.3 Å². The highest BCUT2D eigenvalue weighted by molar-refractivity contribution is 5.60. The number of fused-ring (bicyclic) bond motifs is 1. The molecule has 0 saturated carbocycles. The van der Waals surface area contributed by atoms with E-state index in [0.717, 1.165) is 13.1 Å². The standard InChI is InChI=1S/C16H18N2/c1-2-9-15(10-3-1)18-12-14-7-4-6-13-8-5-11-17-16(13)14/h1-4,6-7,9-10,17-18H,5,8,11-12H2. The van der Waals surface area contributed by atoms with Gasteiger partial charge in [-0.3, -0.25) is 0 Å². The maximum atomic E-state index is 3.53. The molecule has 1 aliphatic heterocycles. The summed E-state index contributed by atoms with van der Waals surface area (Å²) in [4.78, 5) is 0. The summed E-state index contributed by atoms with van der Waals surface area (Å²) in [6, 6.07) is 16.9. The van der Waals surface area contributed by atoms with Crippen molar-refractivity contribution in [2.24, 2.45) is 0 Å². The predicted octanol–water partition coefficient (Wildman–Crippen LogP) is 3.66. The first kappa shape index (κ1) is 11.1. The van der Waals surface area contributed by atoms with Gasteiger partial charge in [-0.15, -0.1) is 0 Å². The molecule has 0 aromatic heterocycles. The van der Waals surface area contributed by atoms with Gasteiger partial charge in [0.2, 0.25) is 0 Å². The van der Waals surface area contributed by atoms with Crippen LogP contribution in [-0.2, 0) is 13.0 Å². The molecule has 0 spiro atoms. The van der Waals surface area contributed by atoms with Gasteiger partial charge < -0.3 is 10.6 Å². The maximum absolute atomic E-state index is 3.53. The second-order valence-corrected chi connectivity index (χ2v) is 4.70. The van der Waals surface area contributed by atoms with E-state index < -0.39 is 0 Å². The first-order chi connectivity index (χ1) is 8.93. The molecule has 0 aliphatic carbocycles. The highest BCUT2D eigenvalue weighted by Crippen LogP contribution is 2.26. The normalized spacial score (nSPS) is 13.6. The Kier molecular flexibility index (Phi) is 3.18. The van der Waals surface area contributed by atoms with Crippen LogP contribution < -0.4 is 10.6 Å². The first-order valence-electron chi connectivity index (χ1n) is 6.57. The summed E-state index contributed by atoms with van der Waals surface area (Å²) in [6.45, 7) is 1.97. The smallest absolute Gasteiger partial charge is 0.0423 e. The van der Waals surface area contributed by atoms with Gasteiger partial charge in [-0.05, 0) is 36.1 Å². The molecule has 2 nitrogen and oxygen atoms in total. The highest BCUT2D eigenvalue weighted by Gasteiger charge is 2.11. The van der Waals surface area contributed by atoms with Gasteiger partial charge >= 0.3 is 0 Å². The third kappa shape index (κ3) is 2.33. The van der Waals surface area contributed by atoms with E-state index in [-0.39, 0.29) is 0 Å². The van der Waals surface area contributed by atoms with Gasteiger partial charge in [0.15, 0.2) is 0 Å². The lowest BCUT2D eigenvalue weighted by atomic mass is 9.99. The molecule has 0 saturated heterocycles. The lowest BCUT2D eigenvalue weighted by molar-refractivity contribution is 0.825. The monoisotopic (exact) mass is 238 g/mol. The molecule has 2 aromatic rings. The molecule has 0 fully saturated rings. The number of aryl methyl sites for hydroxylation is 1. The lowest BCUT2D eigenvalue weighted by Gasteiger charge is -2.21. The van der Waals surface area contributed by atoms with Crippen LogP contribution in [0.2, 0.25) is 0 Å². The average molecular weight is 238 g/mol. The Hall–Kier alpha value is -1.96. The van der Waals surface area contributed by atoms with Crippen LogP contribution in [0.15, 0.2) is 48.5 Å². The van der Waals surface area contributed by atoms with Gasteiger partial charge in [0.05, 0.1) is 0 Å². The quantitative estimate of drug-likeness (QED) is 0.852. The zero-order chi connectivity index (χ0) is 12.2. The number of hydrogen-bond donors (Lipinski definition) is 2. The van der Waals surface area contributed by atoms with Crippen molar-refractivity contribution in [3.8, 4) is 0 Å². The second-order valence-electron chi connectivity index (χ2n) is 4.70. The average Bonchev–Trinajstić information content (AvgIpc) is 2.46. The van der Waals surface area contributed by atoms with Gasteiger partial charge in [-0.1, -0.05) is 36.4 Å². The van der Waals surface area contributed by atoms with E-state index in [0.29, 0.717) is 0 Å². The van der Waals surface area contributed by atoms with E-state index in [4.69, 9.17) is 0 Å². The summed E-state index contributed by atoms with van der Waals surface area (Å²) in [7, 11) is 0. The minimum atomic E-state index is 0.875. The molecule has 1 heterocycles. The van der Waals surface area contributed by atoms with Crippen molar-refractivity contribution < 1.29 is 0 Å². The molecular weight excluding hydrogens is 220 g/mol. The summed E-state index contributed by atoms with van der Waals surface area (Å²) in [6.07, 6.45) is 2.43. The number of hydrogen-bond acceptors (Lipinski definition) is 2. The Morgan fingerprint density at radius 1 is 1.00 bits per heavy atom. The molecule has 0 bridgehead atoms. The Morgan fingerprint density at radius 3 is 2.78 bits per heavy atom. The zero-order valence-electron chi connectivity index (χ0n) is 10.4. The molecule has 18 heavy (non-hydrogen) atoms. The Bertz CT molecular complexity index is 520. The summed E-state index contributed by atoms with van der Waals surface area (Å²) in [5.74, 6) is 0. The van der Waals surface area contributed by atoms with Crippen molar-refractivity contribution >= 4 is 11.4 Å². The van der Waals surface area contributed by atoms with Gasteiger partial charge in [0.1, 0.15) is 0 Å². The molecule has 0 radical (unpaired) electrons. The molecule has 0 atom stereocenters. The third-order valence-corrected chi connectivity index (χ3v) is 3.42. The fourth-order valence-electron chi connectivity index (χ4n) is 2.48. The molecule has 2 aromatic carbocycles. The van der Waals surface area contributed by atoms with Crippen molar-refractivity contribution in [3.05, 3.63) is 59.7 Å². The first-order valence-corrected chi connectivity index (χ1v) is 6.57. The molecule has 0 unspecified atom stereocenters. The van der Waals surface area contributed by atoms with Crippen LogP contribution >= 0.6 is 0 Å². The number of anilines is 2. The fourth-order valence-corrected chi connectivity index (χ4v) is 2.48. The van der Waals surface area contributed by atoms with Crippen LogP contribution in [0.5, 0.6) is 0 Å². The minimum absolute atomic E-state index is 0.875. The van der Waals surface area contributed by atoms with Gasteiger partial charge in [-0.25, -0.2) is 0 Å². The summed E-state index contributed by atoms with van der Waals surface area (Å²) in [5.41, 5.74) is 5.32. The maximum Gasteiger partial charge on any atom is 0.0423 e. The van der Waals surface area contributed by atoms with E-state index in [2.05, 4.69) is 53.1 Å². The summed E-state index contributed by atoms with van der Waals surface area (Å²) < 4.78 is 0. The SMILES string of the molecule is c1ccc(NCc2cccc3c2NCCC3)cc1. The molecular formula is C16H18N2. The Morgan fingerprint density at radius 2 is 1.89 bits per heavy atom. The van der Waals surface area contributed by atoms with Crippen molar-refractivity contribution in [1.29, 1.82) is 0 Å². The number of para-hydroxylation sites is 2. The van der Waals surface area contributed by atoms with E-state index in [9.17, 15) is 0 Å². The minimum Gasteiger partial charge on any atom is -0.385 e. The molecule has 3 rings (SSSR count). The van der Waals surface area contributed by atoms with Crippen molar-refractivity contribution in [1.82, 2.24) is 0 Å². The van der Waals surface area contributed by atoms with Crippen molar-refractivity contribution in [2.75, 3.05) is 17.2 Å². The van der Waals surface area contributed by atoms with Gasteiger partial charge in [0.25, 0.3) is 0 Å².